The highest BCUT2D eigenvalue weighted by Gasteiger charge is 2.45. The van der Waals surface area contributed by atoms with E-state index in [4.69, 9.17) is 30.5 Å². The molecule has 5 aliphatic rings. The highest BCUT2D eigenvalue weighted by Crippen LogP contribution is 2.47. The minimum absolute atomic E-state index is 0.0133. The average molecular weight is 728 g/mol. The van der Waals surface area contributed by atoms with Crippen molar-refractivity contribution < 1.29 is 37.0 Å². The van der Waals surface area contributed by atoms with Gasteiger partial charge < -0.3 is 28.7 Å². The van der Waals surface area contributed by atoms with E-state index in [2.05, 4.69) is 15.7 Å². The smallest absolute Gasteiger partial charge is 0.410 e. The number of benzene rings is 2. The minimum Gasteiger partial charge on any atom is -0.490 e. The maximum atomic E-state index is 13.6. The number of sulfonamides is 1. The fraction of sp³-hybridized carbons (Fsp3) is 0.568. The lowest BCUT2D eigenvalue weighted by Crippen LogP contribution is -2.50. The Bertz CT molecular complexity index is 1780. The summed E-state index contributed by atoms with van der Waals surface area (Å²) in [7, 11) is -2.59. The number of rotatable bonds is 2. The Hall–Kier alpha value is -3.32. The first-order valence-corrected chi connectivity index (χ1v) is 19.4. The lowest BCUT2D eigenvalue weighted by molar-refractivity contribution is -0.139. The van der Waals surface area contributed by atoms with Crippen LogP contribution in [-0.2, 0) is 40.9 Å². The van der Waals surface area contributed by atoms with Crippen molar-refractivity contribution in [2.45, 2.75) is 80.5 Å². The maximum Gasteiger partial charge on any atom is 0.410 e. The van der Waals surface area contributed by atoms with Crippen LogP contribution in [-0.4, -0.2) is 89.6 Å². The van der Waals surface area contributed by atoms with Gasteiger partial charge in [0.1, 0.15) is 17.5 Å². The predicted octanol–water partition coefficient (Wildman–Crippen LogP) is 5.24. The van der Waals surface area contributed by atoms with Crippen LogP contribution in [0.4, 0.5) is 10.5 Å². The molecule has 1 N–H and O–H groups in total. The summed E-state index contributed by atoms with van der Waals surface area (Å²) in [6.07, 6.45) is 8.05. The molecule has 11 nitrogen and oxygen atoms in total. The lowest BCUT2D eigenvalue weighted by atomic mass is 9.68. The largest absolute Gasteiger partial charge is 0.490 e. The number of fused-ring (bicyclic) bond motifs is 4. The molecule has 5 atom stereocenters. The summed E-state index contributed by atoms with van der Waals surface area (Å²) in [6, 6.07) is 10.9. The Labute approximate surface area is 299 Å². The van der Waals surface area contributed by atoms with Crippen LogP contribution < -0.4 is 14.4 Å². The van der Waals surface area contributed by atoms with E-state index in [1.807, 2.05) is 18.2 Å². The van der Waals surface area contributed by atoms with Gasteiger partial charge in [-0.15, -0.1) is 0 Å². The van der Waals surface area contributed by atoms with Gasteiger partial charge in [0, 0.05) is 43.1 Å². The molecule has 2 fully saturated rings. The van der Waals surface area contributed by atoms with E-state index in [1.54, 1.807) is 30.2 Å². The molecule has 2 amide bonds. The number of carbonyl (C=O) groups is 2. The van der Waals surface area contributed by atoms with Gasteiger partial charge >= 0.3 is 6.09 Å². The van der Waals surface area contributed by atoms with Gasteiger partial charge in [-0.25, -0.2) is 17.9 Å². The number of hydrogen-bond donors (Lipinski definition) is 1. The molecule has 1 spiro atoms. The van der Waals surface area contributed by atoms with Crippen LogP contribution in [0.2, 0.25) is 5.02 Å². The number of ether oxygens (including phenoxy) is 4. The van der Waals surface area contributed by atoms with Crippen LogP contribution in [0.25, 0.3) is 0 Å². The second-order valence-corrected chi connectivity index (χ2v) is 17.0. The third-order valence-corrected chi connectivity index (χ3v) is 12.8. The Balaban J connectivity index is 1.27. The van der Waals surface area contributed by atoms with Gasteiger partial charge in [0.25, 0.3) is 15.9 Å². The number of methoxy groups -OCH3 is 1. The van der Waals surface area contributed by atoms with E-state index >= 15 is 0 Å². The lowest BCUT2D eigenvalue weighted by Gasteiger charge is -2.46. The second-order valence-electron chi connectivity index (χ2n) is 14.9. The molecule has 2 bridgehead atoms. The number of aryl methyl sites for hydroxylation is 1. The molecule has 2 aromatic carbocycles. The molecule has 7 rings (SSSR count). The zero-order valence-corrected chi connectivity index (χ0v) is 30.4. The highest BCUT2D eigenvalue weighted by molar-refractivity contribution is 7.90. The van der Waals surface area contributed by atoms with Crippen molar-refractivity contribution in [3.8, 4) is 5.75 Å². The number of amides is 2. The zero-order valence-electron chi connectivity index (χ0n) is 28.9. The third kappa shape index (κ3) is 6.83. The Kier molecular flexibility index (Phi) is 9.59. The molecule has 270 valence electrons. The van der Waals surface area contributed by atoms with Crippen molar-refractivity contribution in [3.05, 3.63) is 64.7 Å². The quantitative estimate of drug-likeness (QED) is 0.414. The van der Waals surface area contributed by atoms with E-state index in [9.17, 15) is 18.0 Å². The standard InChI is InChI=1S/C37H46ClN3O8S/c1-36(2)34(42)39-50(44,45)28-10-13-33-31(19-28)41(22-37(23-47-33)15-4-6-24-18-26(38)9-12-30(24)37)20-25-8-11-29(25)32(7-5-17-48-36)49-35(43)40-16-14-27(21-40)46-3/h5,7,9-10,12-13,18-19,25,27,29,32H,4,6,8,11,14-17,20-23H2,1-3H3,(H,39,42)/b7-5+/t25-,27-,29+,32-,37-/m0/s1. The van der Waals surface area contributed by atoms with Crippen LogP contribution in [0.3, 0.4) is 0 Å². The van der Waals surface area contributed by atoms with Crippen molar-refractivity contribution in [2.75, 3.05) is 51.4 Å². The number of likely N-dealkylation sites (tertiary alicyclic amines) is 1. The molecule has 0 aromatic heterocycles. The molecule has 13 heteroatoms. The monoisotopic (exact) mass is 727 g/mol. The summed E-state index contributed by atoms with van der Waals surface area (Å²) in [5.74, 6) is -0.0443. The summed E-state index contributed by atoms with van der Waals surface area (Å²) in [4.78, 5) is 30.6. The van der Waals surface area contributed by atoms with Gasteiger partial charge in [0.15, 0.2) is 0 Å². The molecule has 0 radical (unpaired) electrons. The summed E-state index contributed by atoms with van der Waals surface area (Å²) in [5, 5.41) is 0.701. The van der Waals surface area contributed by atoms with Crippen LogP contribution in [0.1, 0.15) is 57.1 Å². The molecule has 2 aromatic rings. The average Bonchev–Trinajstić information content (AvgIpc) is 3.50. The van der Waals surface area contributed by atoms with Gasteiger partial charge in [-0.3, -0.25) is 4.79 Å². The molecule has 2 aliphatic carbocycles. The van der Waals surface area contributed by atoms with Gasteiger partial charge in [-0.2, -0.15) is 0 Å². The SMILES string of the molecule is CO[C@H]1CCN(C(=O)O[C@H]2/C=C/COC(C)(C)C(=O)NS(=O)(=O)c3ccc4c(c3)N(C[C@@H]3CC[C@H]32)C[C@@]2(CCCc3cc(Cl)ccc32)CO4)C1. The molecule has 3 aliphatic heterocycles. The van der Waals surface area contributed by atoms with E-state index < -0.39 is 27.6 Å². The van der Waals surface area contributed by atoms with Gasteiger partial charge in [0.05, 0.1) is 36.4 Å². The summed E-state index contributed by atoms with van der Waals surface area (Å²) >= 11 is 6.44. The van der Waals surface area contributed by atoms with Crippen molar-refractivity contribution in [1.29, 1.82) is 0 Å². The van der Waals surface area contributed by atoms with Gasteiger partial charge in [-0.05, 0) is 106 Å². The van der Waals surface area contributed by atoms with E-state index in [0.717, 1.165) is 38.5 Å². The van der Waals surface area contributed by atoms with Crippen molar-refractivity contribution >= 4 is 39.3 Å². The topological polar surface area (TPSA) is 124 Å². The molecular weight excluding hydrogens is 682 g/mol. The molecule has 0 unspecified atom stereocenters. The molecular formula is C37H46ClN3O8S. The van der Waals surface area contributed by atoms with Gasteiger partial charge in [-0.1, -0.05) is 23.7 Å². The molecule has 3 heterocycles. The maximum absolute atomic E-state index is 13.6. The van der Waals surface area contributed by atoms with Crippen LogP contribution in [0.15, 0.2) is 53.4 Å². The number of halogens is 1. The Morgan fingerprint density at radius 3 is 2.70 bits per heavy atom. The summed E-state index contributed by atoms with van der Waals surface area (Å²) in [6.45, 7) is 5.74. The number of nitrogens with one attached hydrogen (secondary N) is 1. The zero-order chi connectivity index (χ0) is 35.3. The summed E-state index contributed by atoms with van der Waals surface area (Å²) in [5.41, 5.74) is 1.24. The number of nitrogens with zero attached hydrogens (tertiary/aromatic N) is 2. The van der Waals surface area contributed by atoms with Crippen LogP contribution in [0, 0.1) is 11.8 Å². The Morgan fingerprint density at radius 1 is 1.10 bits per heavy atom. The van der Waals surface area contributed by atoms with E-state index in [1.165, 1.54) is 31.0 Å². The number of carbonyl (C=O) groups excluding carboxylic acids is 2. The highest BCUT2D eigenvalue weighted by atomic mass is 35.5. The van der Waals surface area contributed by atoms with Crippen molar-refractivity contribution in [1.82, 2.24) is 9.62 Å². The predicted molar refractivity (Wildman–Crippen MR) is 188 cm³/mol. The number of anilines is 1. The normalized spacial score (nSPS) is 30.9. The van der Waals surface area contributed by atoms with Gasteiger partial charge in [0.2, 0.25) is 0 Å². The summed E-state index contributed by atoms with van der Waals surface area (Å²) < 4.78 is 53.7. The fourth-order valence-electron chi connectivity index (χ4n) is 8.16. The Morgan fingerprint density at radius 2 is 1.94 bits per heavy atom. The third-order valence-electron chi connectivity index (χ3n) is 11.3. The van der Waals surface area contributed by atoms with Crippen molar-refractivity contribution in [2.24, 2.45) is 11.8 Å². The number of hydrogen-bond acceptors (Lipinski definition) is 9. The second kappa shape index (κ2) is 13.7. The first kappa shape index (κ1) is 35.1. The molecule has 1 saturated carbocycles. The first-order valence-electron chi connectivity index (χ1n) is 17.5. The first-order chi connectivity index (χ1) is 23.9. The van der Waals surface area contributed by atoms with E-state index in [-0.39, 0.29) is 41.0 Å². The molecule has 50 heavy (non-hydrogen) atoms. The van der Waals surface area contributed by atoms with Crippen LogP contribution >= 0.6 is 11.6 Å². The fourth-order valence-corrected chi connectivity index (χ4v) is 9.48. The minimum atomic E-state index is -4.24. The van der Waals surface area contributed by atoms with Crippen LogP contribution in [0.5, 0.6) is 5.75 Å². The van der Waals surface area contributed by atoms with Crippen molar-refractivity contribution in [3.63, 3.8) is 0 Å². The molecule has 1 saturated heterocycles. The van der Waals surface area contributed by atoms with E-state index in [0.29, 0.717) is 49.2 Å².